The van der Waals surface area contributed by atoms with Crippen LogP contribution in [-0.2, 0) is 19.4 Å². The molecule has 0 aromatic carbocycles. The van der Waals surface area contributed by atoms with Gasteiger partial charge in [-0.2, -0.15) is 0 Å². The maximum absolute atomic E-state index is 12.7. The van der Waals surface area contributed by atoms with Gasteiger partial charge in [0.05, 0.1) is 17.1 Å². The Balaban J connectivity index is 2.11. The van der Waals surface area contributed by atoms with Gasteiger partial charge in [0.25, 0.3) is 5.91 Å². The summed E-state index contributed by atoms with van der Waals surface area (Å²) in [6.07, 6.45) is 1.07. The molecule has 0 saturated carbocycles. The van der Waals surface area contributed by atoms with Crippen molar-refractivity contribution < 1.29 is 22.7 Å². The summed E-state index contributed by atoms with van der Waals surface area (Å²) in [5, 5.41) is 0.0330. The van der Waals surface area contributed by atoms with E-state index >= 15 is 0 Å². The molecule has 9 heteroatoms. The predicted octanol–water partition coefficient (Wildman–Crippen LogP) is 2.32. The number of sulfone groups is 1. The molecule has 0 bridgehead atoms. The van der Waals surface area contributed by atoms with Crippen molar-refractivity contribution in [1.82, 2.24) is 9.88 Å². The number of halogens is 1. The van der Waals surface area contributed by atoms with E-state index in [1.165, 1.54) is 0 Å². The van der Waals surface area contributed by atoms with E-state index in [1.54, 1.807) is 24.8 Å². The van der Waals surface area contributed by atoms with Gasteiger partial charge in [0, 0.05) is 17.8 Å². The van der Waals surface area contributed by atoms with Gasteiger partial charge in [0.1, 0.15) is 5.15 Å². The van der Waals surface area contributed by atoms with Gasteiger partial charge in [-0.15, -0.1) is 0 Å². The quantitative estimate of drug-likeness (QED) is 0.521. The maximum Gasteiger partial charge on any atom is 0.342 e. The van der Waals surface area contributed by atoms with Crippen molar-refractivity contribution in [2.24, 2.45) is 0 Å². The van der Waals surface area contributed by atoms with Crippen molar-refractivity contribution in [1.29, 1.82) is 0 Å². The van der Waals surface area contributed by atoms with Crippen molar-refractivity contribution in [3.8, 4) is 0 Å². The van der Waals surface area contributed by atoms with Gasteiger partial charge in [-0.25, -0.2) is 18.2 Å². The highest BCUT2D eigenvalue weighted by Crippen LogP contribution is 2.23. The third-order valence-corrected chi connectivity index (χ3v) is 6.81. The Labute approximate surface area is 165 Å². The number of rotatable bonds is 6. The lowest BCUT2D eigenvalue weighted by Gasteiger charge is -2.33. The topological polar surface area (TPSA) is 93.6 Å². The van der Waals surface area contributed by atoms with Gasteiger partial charge in [-0.05, 0) is 45.2 Å². The third kappa shape index (κ3) is 5.19. The van der Waals surface area contributed by atoms with Crippen LogP contribution in [0, 0.1) is 13.8 Å². The first-order valence-corrected chi connectivity index (χ1v) is 11.1. The number of aromatic nitrogens is 1. The number of carbonyl (C=O) groups excluding carboxylic acids is 2. The number of pyridine rings is 1. The van der Waals surface area contributed by atoms with E-state index in [-0.39, 0.29) is 34.3 Å². The molecule has 27 heavy (non-hydrogen) atoms. The van der Waals surface area contributed by atoms with Crippen LogP contribution in [0.15, 0.2) is 6.07 Å². The number of nitrogens with zero attached hydrogens (tertiary/aromatic N) is 2. The normalized spacial score (nSPS) is 19.5. The Morgan fingerprint density at radius 2 is 2.07 bits per heavy atom. The number of hydrogen-bond donors (Lipinski definition) is 0. The average Bonchev–Trinajstić information content (AvgIpc) is 2.91. The molecule has 2 atom stereocenters. The van der Waals surface area contributed by atoms with E-state index in [9.17, 15) is 18.0 Å². The smallest absolute Gasteiger partial charge is 0.342 e. The van der Waals surface area contributed by atoms with Gasteiger partial charge >= 0.3 is 5.97 Å². The summed E-state index contributed by atoms with van der Waals surface area (Å²) in [6.45, 7) is 6.78. The molecular formula is C18H25ClN2O5S. The summed E-state index contributed by atoms with van der Waals surface area (Å²) in [4.78, 5) is 30.7. The highest BCUT2D eigenvalue weighted by molar-refractivity contribution is 7.91. The minimum absolute atomic E-state index is 0.0330. The first-order valence-electron chi connectivity index (χ1n) is 8.88. The number of hydrogen-bond acceptors (Lipinski definition) is 6. The lowest BCUT2D eigenvalue weighted by atomic mass is 10.1. The number of ether oxygens (including phenoxy) is 1. The summed E-state index contributed by atoms with van der Waals surface area (Å²) in [6, 6.07) is 1.17. The monoisotopic (exact) mass is 416 g/mol. The van der Waals surface area contributed by atoms with E-state index in [0.717, 1.165) is 0 Å². The molecule has 7 nitrogen and oxygen atoms in total. The molecule has 1 aromatic rings. The van der Waals surface area contributed by atoms with E-state index in [1.807, 2.05) is 13.8 Å². The van der Waals surface area contributed by atoms with E-state index < -0.39 is 28.3 Å². The molecular weight excluding hydrogens is 392 g/mol. The fraction of sp³-hybridized carbons (Fsp3) is 0.611. The molecule has 1 aliphatic rings. The number of aryl methyl sites for hydroxylation is 2. The average molecular weight is 417 g/mol. The van der Waals surface area contributed by atoms with Crippen LogP contribution in [0.25, 0.3) is 0 Å². The Hall–Kier alpha value is -1.67. The highest BCUT2D eigenvalue weighted by Gasteiger charge is 2.36. The lowest BCUT2D eigenvalue weighted by molar-refractivity contribution is -0.138. The second-order valence-electron chi connectivity index (χ2n) is 6.94. The minimum atomic E-state index is -3.13. The van der Waals surface area contributed by atoms with Crippen molar-refractivity contribution >= 4 is 33.3 Å². The van der Waals surface area contributed by atoms with E-state index in [4.69, 9.17) is 16.3 Å². The summed E-state index contributed by atoms with van der Waals surface area (Å²) in [7, 11) is -3.13. The first kappa shape index (κ1) is 21.6. The molecule has 1 aliphatic heterocycles. The summed E-state index contributed by atoms with van der Waals surface area (Å²) >= 11 is 6.04. The molecule has 1 amide bonds. The van der Waals surface area contributed by atoms with Gasteiger partial charge in [0.15, 0.2) is 16.4 Å². The molecule has 2 rings (SSSR count). The zero-order chi connectivity index (χ0) is 20.4. The first-order chi connectivity index (χ1) is 12.6. The molecule has 1 aromatic heterocycles. The Morgan fingerprint density at radius 1 is 1.41 bits per heavy atom. The van der Waals surface area contributed by atoms with Crippen LogP contribution >= 0.6 is 11.6 Å². The fourth-order valence-electron chi connectivity index (χ4n) is 3.31. The molecule has 0 unspecified atom stereocenters. The van der Waals surface area contributed by atoms with Crippen LogP contribution in [0.4, 0.5) is 0 Å². The number of esters is 1. The van der Waals surface area contributed by atoms with Gasteiger partial charge in [-0.1, -0.05) is 18.5 Å². The largest absolute Gasteiger partial charge is 0.452 e. The standard InChI is InChI=1S/C18H25ClN2O5S/c1-5-13(4)21(14-6-7-27(24,25)10-14)15(22)9-26-18(23)16-11(2)8-12(3)20-17(16)19/h8,13-14H,5-7,9-10H2,1-4H3/t13-,14-/m0/s1. The maximum atomic E-state index is 12.7. The molecule has 2 heterocycles. The predicted molar refractivity (Wildman–Crippen MR) is 103 cm³/mol. The molecule has 0 spiro atoms. The minimum Gasteiger partial charge on any atom is -0.452 e. The Bertz CT molecular complexity index is 817. The molecule has 0 aliphatic carbocycles. The molecule has 1 fully saturated rings. The Morgan fingerprint density at radius 3 is 2.59 bits per heavy atom. The lowest BCUT2D eigenvalue weighted by Crippen LogP contribution is -2.48. The highest BCUT2D eigenvalue weighted by atomic mass is 35.5. The van der Waals surface area contributed by atoms with Crippen LogP contribution in [0.3, 0.4) is 0 Å². The summed E-state index contributed by atoms with van der Waals surface area (Å²) in [5.41, 5.74) is 1.43. The van der Waals surface area contributed by atoms with E-state index in [0.29, 0.717) is 24.1 Å². The zero-order valence-electron chi connectivity index (χ0n) is 16.0. The Kier molecular flexibility index (Phi) is 6.86. The summed E-state index contributed by atoms with van der Waals surface area (Å²) in [5.74, 6) is -1.11. The second-order valence-corrected chi connectivity index (χ2v) is 9.52. The van der Waals surface area contributed by atoms with Crippen LogP contribution in [0.1, 0.15) is 48.3 Å². The van der Waals surface area contributed by atoms with Gasteiger partial charge in [0.2, 0.25) is 0 Å². The van der Waals surface area contributed by atoms with Crippen LogP contribution < -0.4 is 0 Å². The second kappa shape index (κ2) is 8.56. The number of amides is 1. The SMILES string of the molecule is CC[C@H](C)N(C(=O)COC(=O)c1c(C)cc(C)nc1Cl)[C@H]1CCS(=O)(=O)C1. The van der Waals surface area contributed by atoms with Crippen molar-refractivity contribution in [3.63, 3.8) is 0 Å². The molecule has 150 valence electrons. The van der Waals surface area contributed by atoms with Gasteiger partial charge < -0.3 is 9.64 Å². The van der Waals surface area contributed by atoms with Crippen LogP contribution in [0.2, 0.25) is 5.15 Å². The molecule has 1 saturated heterocycles. The van der Waals surface area contributed by atoms with Gasteiger partial charge in [-0.3, -0.25) is 4.79 Å². The van der Waals surface area contributed by atoms with Crippen LogP contribution in [-0.4, -0.2) is 60.4 Å². The third-order valence-electron chi connectivity index (χ3n) is 4.79. The van der Waals surface area contributed by atoms with E-state index in [2.05, 4.69) is 4.98 Å². The zero-order valence-corrected chi connectivity index (χ0v) is 17.6. The van der Waals surface area contributed by atoms with Crippen molar-refractivity contribution in [3.05, 3.63) is 28.0 Å². The van der Waals surface area contributed by atoms with Crippen LogP contribution in [0.5, 0.6) is 0 Å². The van der Waals surface area contributed by atoms with Crippen molar-refractivity contribution in [2.75, 3.05) is 18.1 Å². The molecule has 0 radical (unpaired) electrons. The molecule has 0 N–H and O–H groups in total. The summed E-state index contributed by atoms with van der Waals surface area (Å²) < 4.78 is 28.7. The van der Waals surface area contributed by atoms with Crippen molar-refractivity contribution in [2.45, 2.75) is 52.6 Å². The number of carbonyl (C=O) groups is 2. The fourth-order valence-corrected chi connectivity index (χ4v) is 5.38.